The van der Waals surface area contributed by atoms with Crippen molar-refractivity contribution in [2.45, 2.75) is 26.8 Å². The SMILES string of the molecule is CCNC(=NCc1ccccc1[N+](=O)[O-])NCCCOCC. The molecule has 0 atom stereocenters. The van der Waals surface area contributed by atoms with Crippen molar-refractivity contribution in [3.63, 3.8) is 0 Å². The number of nitrogens with one attached hydrogen (secondary N) is 2. The van der Waals surface area contributed by atoms with E-state index in [2.05, 4.69) is 15.6 Å². The molecule has 0 heterocycles. The van der Waals surface area contributed by atoms with E-state index in [1.54, 1.807) is 18.2 Å². The highest BCUT2D eigenvalue weighted by molar-refractivity contribution is 5.79. The molecule has 22 heavy (non-hydrogen) atoms. The number of nitro benzene ring substituents is 1. The van der Waals surface area contributed by atoms with E-state index in [0.717, 1.165) is 19.5 Å². The molecular weight excluding hydrogens is 284 g/mol. The van der Waals surface area contributed by atoms with Gasteiger partial charge in [-0.1, -0.05) is 18.2 Å². The Bertz CT molecular complexity index is 491. The largest absolute Gasteiger partial charge is 0.382 e. The fourth-order valence-corrected chi connectivity index (χ4v) is 1.85. The van der Waals surface area contributed by atoms with E-state index in [4.69, 9.17) is 4.74 Å². The van der Waals surface area contributed by atoms with Crippen LogP contribution >= 0.6 is 0 Å². The number of hydrogen-bond donors (Lipinski definition) is 2. The molecule has 1 rings (SSSR count). The molecule has 0 saturated carbocycles. The number of hydrogen-bond acceptors (Lipinski definition) is 4. The zero-order valence-corrected chi connectivity index (χ0v) is 13.2. The zero-order chi connectivity index (χ0) is 16.2. The number of nitrogens with zero attached hydrogens (tertiary/aromatic N) is 2. The Kier molecular flexibility index (Phi) is 8.59. The van der Waals surface area contributed by atoms with Gasteiger partial charge in [-0.3, -0.25) is 10.1 Å². The number of aliphatic imine (C=N–C) groups is 1. The van der Waals surface area contributed by atoms with Crippen LogP contribution in [0.15, 0.2) is 29.3 Å². The van der Waals surface area contributed by atoms with Crippen LogP contribution in [-0.2, 0) is 11.3 Å². The Balaban J connectivity index is 2.60. The molecule has 0 aliphatic rings. The van der Waals surface area contributed by atoms with Gasteiger partial charge in [0, 0.05) is 32.4 Å². The number of ether oxygens (including phenoxy) is 1. The van der Waals surface area contributed by atoms with Crippen molar-refractivity contribution in [3.05, 3.63) is 39.9 Å². The molecule has 7 nitrogen and oxygen atoms in total. The molecule has 1 aromatic rings. The second-order valence-corrected chi connectivity index (χ2v) is 4.56. The van der Waals surface area contributed by atoms with E-state index in [1.807, 2.05) is 13.8 Å². The molecule has 122 valence electrons. The van der Waals surface area contributed by atoms with E-state index < -0.39 is 0 Å². The fraction of sp³-hybridized carbons (Fsp3) is 0.533. The van der Waals surface area contributed by atoms with Gasteiger partial charge in [0.25, 0.3) is 5.69 Å². The van der Waals surface area contributed by atoms with Crippen LogP contribution in [-0.4, -0.2) is 37.2 Å². The molecule has 0 radical (unpaired) electrons. The molecule has 0 aromatic heterocycles. The summed E-state index contributed by atoms with van der Waals surface area (Å²) in [4.78, 5) is 15.0. The van der Waals surface area contributed by atoms with Gasteiger partial charge in [-0.2, -0.15) is 0 Å². The van der Waals surface area contributed by atoms with Crippen molar-refractivity contribution in [2.75, 3.05) is 26.3 Å². The van der Waals surface area contributed by atoms with Gasteiger partial charge < -0.3 is 15.4 Å². The molecular formula is C15H24N4O3. The van der Waals surface area contributed by atoms with E-state index >= 15 is 0 Å². The maximum atomic E-state index is 11.0. The number of benzene rings is 1. The number of para-hydroxylation sites is 1. The maximum Gasteiger partial charge on any atom is 0.274 e. The first-order valence-electron chi connectivity index (χ1n) is 7.51. The molecule has 7 heteroatoms. The Morgan fingerprint density at radius 2 is 2.09 bits per heavy atom. The fourth-order valence-electron chi connectivity index (χ4n) is 1.85. The van der Waals surface area contributed by atoms with Gasteiger partial charge in [-0.15, -0.1) is 0 Å². The highest BCUT2D eigenvalue weighted by Gasteiger charge is 2.11. The smallest absolute Gasteiger partial charge is 0.274 e. The summed E-state index contributed by atoms with van der Waals surface area (Å²) < 4.78 is 5.27. The summed E-state index contributed by atoms with van der Waals surface area (Å²) in [5, 5.41) is 17.3. The van der Waals surface area contributed by atoms with Gasteiger partial charge in [-0.25, -0.2) is 4.99 Å². The molecule has 0 bridgehead atoms. The Hall–Kier alpha value is -2.15. The second kappa shape index (κ2) is 10.6. The van der Waals surface area contributed by atoms with Gasteiger partial charge in [0.15, 0.2) is 5.96 Å². The number of rotatable bonds is 9. The van der Waals surface area contributed by atoms with Crippen molar-refractivity contribution < 1.29 is 9.66 Å². The first-order chi connectivity index (χ1) is 10.7. The minimum Gasteiger partial charge on any atom is -0.382 e. The van der Waals surface area contributed by atoms with Crippen LogP contribution in [0.4, 0.5) is 5.69 Å². The monoisotopic (exact) mass is 308 g/mol. The minimum absolute atomic E-state index is 0.0958. The highest BCUT2D eigenvalue weighted by atomic mass is 16.6. The highest BCUT2D eigenvalue weighted by Crippen LogP contribution is 2.18. The zero-order valence-electron chi connectivity index (χ0n) is 13.2. The van der Waals surface area contributed by atoms with Crippen molar-refractivity contribution in [1.82, 2.24) is 10.6 Å². The summed E-state index contributed by atoms with van der Waals surface area (Å²) in [6.07, 6.45) is 0.879. The topological polar surface area (TPSA) is 88.8 Å². The quantitative estimate of drug-likeness (QED) is 0.240. The van der Waals surface area contributed by atoms with Crippen LogP contribution in [0, 0.1) is 10.1 Å². The van der Waals surface area contributed by atoms with E-state index in [-0.39, 0.29) is 17.2 Å². The van der Waals surface area contributed by atoms with E-state index in [1.165, 1.54) is 6.07 Å². The van der Waals surface area contributed by atoms with Crippen molar-refractivity contribution >= 4 is 11.6 Å². The van der Waals surface area contributed by atoms with Gasteiger partial charge in [-0.05, 0) is 20.3 Å². The van der Waals surface area contributed by atoms with Crippen molar-refractivity contribution in [1.29, 1.82) is 0 Å². The van der Waals surface area contributed by atoms with E-state index in [9.17, 15) is 10.1 Å². The molecule has 1 aromatic carbocycles. The predicted molar refractivity (Wildman–Crippen MR) is 87.0 cm³/mol. The summed E-state index contributed by atoms with van der Waals surface area (Å²) in [6, 6.07) is 6.65. The van der Waals surface area contributed by atoms with Crippen LogP contribution in [0.25, 0.3) is 0 Å². The third-order valence-corrected chi connectivity index (χ3v) is 2.90. The molecule has 0 saturated heterocycles. The Morgan fingerprint density at radius 1 is 1.32 bits per heavy atom. The third kappa shape index (κ3) is 6.53. The lowest BCUT2D eigenvalue weighted by Gasteiger charge is -2.11. The lowest BCUT2D eigenvalue weighted by Crippen LogP contribution is -2.38. The summed E-state index contributed by atoms with van der Waals surface area (Å²) >= 11 is 0. The average Bonchev–Trinajstić information content (AvgIpc) is 2.52. The molecule has 0 aliphatic carbocycles. The predicted octanol–water partition coefficient (Wildman–Crippen LogP) is 2.08. The van der Waals surface area contributed by atoms with Crippen LogP contribution in [0.1, 0.15) is 25.8 Å². The normalized spacial score (nSPS) is 11.3. The summed E-state index contributed by atoms with van der Waals surface area (Å²) in [5.74, 6) is 0.650. The standard InChI is InChI=1S/C15H24N4O3/c1-3-16-15(17-10-7-11-22-4-2)18-12-13-8-5-6-9-14(13)19(20)21/h5-6,8-9H,3-4,7,10-12H2,1-2H3,(H2,16,17,18). The van der Waals surface area contributed by atoms with Crippen molar-refractivity contribution in [2.24, 2.45) is 4.99 Å². The Labute approximate surface area is 130 Å². The van der Waals surface area contributed by atoms with Crippen LogP contribution in [0.5, 0.6) is 0 Å². The maximum absolute atomic E-state index is 11.0. The Morgan fingerprint density at radius 3 is 2.77 bits per heavy atom. The van der Waals surface area contributed by atoms with Gasteiger partial charge in [0.1, 0.15) is 0 Å². The van der Waals surface area contributed by atoms with Gasteiger partial charge in [0.05, 0.1) is 17.0 Å². The molecule has 0 fully saturated rings. The first kappa shape index (κ1) is 17.9. The summed E-state index contributed by atoms with van der Waals surface area (Å²) in [5.41, 5.74) is 0.692. The lowest BCUT2D eigenvalue weighted by atomic mass is 10.2. The van der Waals surface area contributed by atoms with Gasteiger partial charge >= 0.3 is 0 Å². The third-order valence-electron chi connectivity index (χ3n) is 2.90. The second-order valence-electron chi connectivity index (χ2n) is 4.56. The molecule has 0 aliphatic heterocycles. The van der Waals surface area contributed by atoms with Crippen LogP contribution < -0.4 is 10.6 Å². The summed E-state index contributed by atoms with van der Waals surface area (Å²) in [7, 11) is 0. The molecule has 2 N–H and O–H groups in total. The van der Waals surface area contributed by atoms with E-state index in [0.29, 0.717) is 24.7 Å². The lowest BCUT2D eigenvalue weighted by molar-refractivity contribution is -0.385. The number of nitro groups is 1. The van der Waals surface area contributed by atoms with Gasteiger partial charge in [0.2, 0.25) is 0 Å². The number of guanidine groups is 1. The van der Waals surface area contributed by atoms with Crippen LogP contribution in [0.3, 0.4) is 0 Å². The van der Waals surface area contributed by atoms with Crippen LogP contribution in [0.2, 0.25) is 0 Å². The van der Waals surface area contributed by atoms with Crippen molar-refractivity contribution in [3.8, 4) is 0 Å². The molecule has 0 amide bonds. The first-order valence-corrected chi connectivity index (χ1v) is 7.51. The summed E-state index contributed by atoms with van der Waals surface area (Å²) in [6.45, 7) is 7.09. The minimum atomic E-state index is -0.382. The molecule has 0 spiro atoms. The molecule has 0 unspecified atom stereocenters. The average molecular weight is 308 g/mol.